The van der Waals surface area contributed by atoms with E-state index in [2.05, 4.69) is 49.4 Å². The first kappa shape index (κ1) is 10.2. The van der Waals surface area contributed by atoms with Crippen LogP contribution in [0.2, 0.25) is 0 Å². The maximum Gasteiger partial charge on any atom is -0.0238 e. The van der Waals surface area contributed by atoms with Crippen molar-refractivity contribution in [2.24, 2.45) is 0 Å². The van der Waals surface area contributed by atoms with Crippen molar-refractivity contribution >= 4 is 0 Å². The Morgan fingerprint density at radius 1 is 1.07 bits per heavy atom. The van der Waals surface area contributed by atoms with Gasteiger partial charge in [-0.1, -0.05) is 48.1 Å². The number of hydrogen-bond acceptors (Lipinski definition) is 0. The van der Waals surface area contributed by atoms with Gasteiger partial charge < -0.3 is 0 Å². The minimum atomic E-state index is 1.16. The second-order valence-electron chi connectivity index (χ2n) is 4.23. The van der Waals surface area contributed by atoms with Crippen LogP contribution in [0.5, 0.6) is 0 Å². The van der Waals surface area contributed by atoms with Crippen molar-refractivity contribution in [2.45, 2.75) is 32.6 Å². The van der Waals surface area contributed by atoms with Gasteiger partial charge in [-0.05, 0) is 43.7 Å². The maximum absolute atomic E-state index is 2.31. The number of rotatable bonds is 3. The van der Waals surface area contributed by atoms with Crippen LogP contribution >= 0.6 is 0 Å². The Morgan fingerprint density at radius 3 is 2.60 bits per heavy atom. The first-order chi connectivity index (χ1) is 7.36. The number of aryl methyl sites for hydroxylation is 1. The van der Waals surface area contributed by atoms with Crippen molar-refractivity contribution in [3.8, 4) is 0 Å². The molecule has 0 spiro atoms. The number of hydrogen-bond donors (Lipinski definition) is 0. The Morgan fingerprint density at radius 2 is 1.87 bits per heavy atom. The van der Waals surface area contributed by atoms with Gasteiger partial charge in [-0.3, -0.25) is 0 Å². The summed E-state index contributed by atoms with van der Waals surface area (Å²) in [5.74, 6) is 0. The van der Waals surface area contributed by atoms with Crippen LogP contribution in [-0.2, 0) is 6.42 Å². The van der Waals surface area contributed by atoms with E-state index in [1.54, 1.807) is 11.1 Å². The number of benzene rings is 1. The molecule has 0 radical (unpaired) electrons. The van der Waals surface area contributed by atoms with E-state index in [-0.39, 0.29) is 0 Å². The molecule has 2 rings (SSSR count). The van der Waals surface area contributed by atoms with Gasteiger partial charge in [-0.15, -0.1) is 0 Å². The second kappa shape index (κ2) is 4.97. The molecule has 0 aromatic heterocycles. The second-order valence-corrected chi connectivity index (χ2v) is 4.23. The minimum absolute atomic E-state index is 1.16. The Bertz CT molecular complexity index is 368. The molecule has 0 saturated carbocycles. The van der Waals surface area contributed by atoms with E-state index < -0.39 is 0 Å². The average Bonchev–Trinajstić information content (AvgIpc) is 2.29. The highest BCUT2D eigenvalue weighted by molar-refractivity contribution is 5.29. The van der Waals surface area contributed by atoms with Gasteiger partial charge in [0.2, 0.25) is 0 Å². The smallest absolute Gasteiger partial charge is 0.0238 e. The van der Waals surface area contributed by atoms with Crippen LogP contribution in [0.4, 0.5) is 0 Å². The lowest BCUT2D eigenvalue weighted by Gasteiger charge is -2.12. The van der Waals surface area contributed by atoms with E-state index >= 15 is 0 Å². The molecule has 0 saturated heterocycles. The third-order valence-corrected chi connectivity index (χ3v) is 3.08. The molecule has 1 aliphatic carbocycles. The molecule has 1 aromatic carbocycles. The van der Waals surface area contributed by atoms with Crippen molar-refractivity contribution in [1.82, 2.24) is 0 Å². The maximum atomic E-state index is 2.31. The molecule has 1 aromatic rings. The Kier molecular flexibility index (Phi) is 3.39. The lowest BCUT2D eigenvalue weighted by atomic mass is 9.94. The third-order valence-electron chi connectivity index (χ3n) is 3.08. The quantitative estimate of drug-likeness (QED) is 0.679. The summed E-state index contributed by atoms with van der Waals surface area (Å²) >= 11 is 0. The van der Waals surface area contributed by atoms with Crippen molar-refractivity contribution in [3.63, 3.8) is 0 Å². The molecular weight excluding hydrogens is 180 g/mol. The average molecular weight is 198 g/mol. The Hall–Kier alpha value is -1.30. The summed E-state index contributed by atoms with van der Waals surface area (Å²) in [6.07, 6.45) is 9.43. The van der Waals surface area contributed by atoms with Crippen LogP contribution in [0.3, 0.4) is 0 Å². The summed E-state index contributed by atoms with van der Waals surface area (Å²) in [6, 6.07) is 10.7. The van der Waals surface area contributed by atoms with E-state index in [4.69, 9.17) is 0 Å². The highest BCUT2D eigenvalue weighted by atomic mass is 14.1. The molecule has 0 nitrogen and oxygen atoms in total. The van der Waals surface area contributed by atoms with Crippen LogP contribution in [0.25, 0.3) is 0 Å². The predicted molar refractivity (Wildman–Crippen MR) is 65.8 cm³/mol. The molecular formula is C15H18. The van der Waals surface area contributed by atoms with Gasteiger partial charge >= 0.3 is 0 Å². The summed E-state index contributed by atoms with van der Waals surface area (Å²) in [5.41, 5.74) is 4.57. The monoisotopic (exact) mass is 198 g/mol. The highest BCUT2D eigenvalue weighted by Crippen LogP contribution is 2.22. The Balaban J connectivity index is 1.96. The normalized spacial score (nSPS) is 15.8. The first-order valence-corrected chi connectivity index (χ1v) is 5.75. The minimum Gasteiger partial charge on any atom is -0.0839 e. The lowest BCUT2D eigenvalue weighted by Crippen LogP contribution is -1.94. The SMILES string of the molecule is CC1=C(CCc2ccccc2)C=CCC1. The molecule has 78 valence electrons. The predicted octanol–water partition coefficient (Wildman–Crippen LogP) is 4.29. The topological polar surface area (TPSA) is 0 Å². The fourth-order valence-electron chi connectivity index (χ4n) is 2.05. The third kappa shape index (κ3) is 2.82. The zero-order valence-electron chi connectivity index (χ0n) is 9.37. The molecule has 1 aliphatic rings. The van der Waals surface area contributed by atoms with Gasteiger partial charge in [0.1, 0.15) is 0 Å². The van der Waals surface area contributed by atoms with Gasteiger partial charge in [-0.25, -0.2) is 0 Å². The van der Waals surface area contributed by atoms with Gasteiger partial charge in [0.05, 0.1) is 0 Å². The highest BCUT2D eigenvalue weighted by Gasteiger charge is 2.03. The first-order valence-electron chi connectivity index (χ1n) is 5.75. The summed E-state index contributed by atoms with van der Waals surface area (Å²) in [6.45, 7) is 2.27. The molecule has 0 fully saturated rings. The standard InChI is InChI=1S/C15H18/c1-13-7-5-6-10-15(13)12-11-14-8-3-2-4-9-14/h2-4,6,8-10H,5,7,11-12H2,1H3. The molecule has 0 bridgehead atoms. The molecule has 0 heterocycles. The summed E-state index contributed by atoms with van der Waals surface area (Å²) in [4.78, 5) is 0. The van der Waals surface area contributed by atoms with Crippen LogP contribution in [0.15, 0.2) is 53.6 Å². The fraction of sp³-hybridized carbons (Fsp3) is 0.333. The molecule has 0 amide bonds. The van der Waals surface area contributed by atoms with Crippen molar-refractivity contribution in [2.75, 3.05) is 0 Å². The molecule has 0 N–H and O–H groups in total. The van der Waals surface area contributed by atoms with Crippen molar-refractivity contribution in [1.29, 1.82) is 0 Å². The fourth-order valence-corrected chi connectivity index (χ4v) is 2.05. The summed E-state index contributed by atoms with van der Waals surface area (Å²) < 4.78 is 0. The molecule has 0 atom stereocenters. The van der Waals surface area contributed by atoms with Crippen LogP contribution in [0, 0.1) is 0 Å². The molecule has 0 aliphatic heterocycles. The zero-order chi connectivity index (χ0) is 10.5. The van der Waals surface area contributed by atoms with Crippen LogP contribution in [-0.4, -0.2) is 0 Å². The van der Waals surface area contributed by atoms with E-state index in [9.17, 15) is 0 Å². The van der Waals surface area contributed by atoms with E-state index in [0.29, 0.717) is 0 Å². The largest absolute Gasteiger partial charge is 0.0839 e. The van der Waals surface area contributed by atoms with Gasteiger partial charge in [0, 0.05) is 0 Å². The van der Waals surface area contributed by atoms with E-state index in [0.717, 1.165) is 6.42 Å². The van der Waals surface area contributed by atoms with Gasteiger partial charge in [-0.2, -0.15) is 0 Å². The van der Waals surface area contributed by atoms with Gasteiger partial charge in [0.15, 0.2) is 0 Å². The van der Waals surface area contributed by atoms with E-state index in [1.165, 1.54) is 24.8 Å². The summed E-state index contributed by atoms with van der Waals surface area (Å²) in [5, 5.41) is 0. The zero-order valence-corrected chi connectivity index (χ0v) is 9.37. The van der Waals surface area contributed by atoms with E-state index in [1.807, 2.05) is 0 Å². The van der Waals surface area contributed by atoms with Crippen molar-refractivity contribution in [3.05, 3.63) is 59.2 Å². The van der Waals surface area contributed by atoms with Crippen LogP contribution < -0.4 is 0 Å². The molecule has 15 heavy (non-hydrogen) atoms. The molecule has 0 unspecified atom stereocenters. The Labute approximate surface area is 92.3 Å². The summed E-state index contributed by atoms with van der Waals surface area (Å²) in [7, 11) is 0. The number of allylic oxidation sites excluding steroid dienone is 4. The van der Waals surface area contributed by atoms with Crippen LogP contribution in [0.1, 0.15) is 31.7 Å². The van der Waals surface area contributed by atoms with Gasteiger partial charge in [0.25, 0.3) is 0 Å². The molecule has 0 heteroatoms. The van der Waals surface area contributed by atoms with Crippen molar-refractivity contribution < 1.29 is 0 Å². The lowest BCUT2D eigenvalue weighted by molar-refractivity contribution is 0.875.